The fourth-order valence-corrected chi connectivity index (χ4v) is 3.56. The third-order valence-corrected chi connectivity index (χ3v) is 4.65. The molecule has 19 heavy (non-hydrogen) atoms. The summed E-state index contributed by atoms with van der Waals surface area (Å²) < 4.78 is 0. The van der Waals surface area contributed by atoms with Gasteiger partial charge in [0.25, 0.3) is 5.91 Å². The number of aromatic nitrogens is 1. The van der Waals surface area contributed by atoms with Crippen LogP contribution in [0.3, 0.4) is 0 Å². The maximum Gasteiger partial charge on any atom is 0.257 e. The number of carbonyl (C=O) groups excluding carboxylic acids is 1. The van der Waals surface area contributed by atoms with Crippen LogP contribution in [0.15, 0.2) is 35.8 Å². The summed E-state index contributed by atoms with van der Waals surface area (Å²) in [5, 5.41) is 2.33. The maximum absolute atomic E-state index is 12.6. The zero-order valence-corrected chi connectivity index (χ0v) is 11.8. The SMILES string of the molecule is O=C(c1cccnc1Cl)N1CCCC1c1cccs1. The summed E-state index contributed by atoms with van der Waals surface area (Å²) >= 11 is 7.71. The van der Waals surface area contributed by atoms with Crippen LogP contribution in [-0.4, -0.2) is 22.3 Å². The van der Waals surface area contributed by atoms with E-state index in [0.717, 1.165) is 19.4 Å². The molecule has 0 radical (unpaired) electrons. The van der Waals surface area contributed by atoms with Gasteiger partial charge in [0.05, 0.1) is 11.6 Å². The molecule has 3 nitrogen and oxygen atoms in total. The first-order valence-corrected chi connectivity index (χ1v) is 7.48. The lowest BCUT2D eigenvalue weighted by molar-refractivity contribution is 0.0737. The molecule has 1 atom stereocenters. The van der Waals surface area contributed by atoms with Crippen LogP contribution in [0.25, 0.3) is 0 Å². The molecule has 1 aliphatic heterocycles. The maximum atomic E-state index is 12.6. The van der Waals surface area contributed by atoms with Crippen molar-refractivity contribution in [2.75, 3.05) is 6.54 Å². The Morgan fingerprint density at radius 3 is 3.05 bits per heavy atom. The molecule has 0 saturated carbocycles. The van der Waals surface area contributed by atoms with Crippen LogP contribution in [0.5, 0.6) is 0 Å². The van der Waals surface area contributed by atoms with Gasteiger partial charge in [-0.3, -0.25) is 4.79 Å². The van der Waals surface area contributed by atoms with Crippen LogP contribution >= 0.6 is 22.9 Å². The molecular formula is C14H13ClN2OS. The molecule has 1 aliphatic rings. The largest absolute Gasteiger partial charge is 0.331 e. The van der Waals surface area contributed by atoms with Gasteiger partial charge in [0, 0.05) is 17.6 Å². The Hall–Kier alpha value is -1.39. The fraction of sp³-hybridized carbons (Fsp3) is 0.286. The number of likely N-dealkylation sites (tertiary alicyclic amines) is 1. The number of thiophene rings is 1. The van der Waals surface area contributed by atoms with Gasteiger partial charge in [0.15, 0.2) is 0 Å². The minimum absolute atomic E-state index is 0.0194. The van der Waals surface area contributed by atoms with Crippen molar-refractivity contribution in [3.63, 3.8) is 0 Å². The predicted octanol–water partition coefficient (Wildman–Crippen LogP) is 3.77. The van der Waals surface area contributed by atoms with Gasteiger partial charge in [0.1, 0.15) is 5.15 Å². The Morgan fingerprint density at radius 2 is 2.32 bits per heavy atom. The fourth-order valence-electron chi connectivity index (χ4n) is 2.49. The van der Waals surface area contributed by atoms with E-state index in [-0.39, 0.29) is 17.1 Å². The molecule has 1 amide bonds. The van der Waals surface area contributed by atoms with E-state index in [0.29, 0.717) is 5.56 Å². The van der Waals surface area contributed by atoms with Crippen LogP contribution in [-0.2, 0) is 0 Å². The number of rotatable bonds is 2. The molecule has 3 rings (SSSR count). The highest BCUT2D eigenvalue weighted by Gasteiger charge is 2.32. The van der Waals surface area contributed by atoms with Gasteiger partial charge in [-0.05, 0) is 36.4 Å². The van der Waals surface area contributed by atoms with Crippen LogP contribution in [0.2, 0.25) is 5.15 Å². The standard InChI is InChI=1S/C14H13ClN2OS/c15-13-10(4-1-7-16-13)14(18)17-8-2-5-11(17)12-6-3-9-19-12/h1,3-4,6-7,9,11H,2,5,8H2. The van der Waals surface area contributed by atoms with E-state index in [9.17, 15) is 4.79 Å². The smallest absolute Gasteiger partial charge is 0.257 e. The lowest BCUT2D eigenvalue weighted by atomic mass is 10.1. The molecule has 0 N–H and O–H groups in total. The molecule has 5 heteroatoms. The van der Waals surface area contributed by atoms with Gasteiger partial charge in [-0.1, -0.05) is 17.7 Å². The first-order valence-electron chi connectivity index (χ1n) is 6.22. The second-order valence-corrected chi connectivity index (χ2v) is 5.85. The normalized spacial score (nSPS) is 18.8. The predicted molar refractivity (Wildman–Crippen MR) is 76.6 cm³/mol. The molecule has 1 unspecified atom stereocenters. The zero-order chi connectivity index (χ0) is 13.2. The minimum Gasteiger partial charge on any atom is -0.331 e. The van der Waals surface area contributed by atoms with E-state index in [1.807, 2.05) is 16.3 Å². The average molecular weight is 293 g/mol. The van der Waals surface area contributed by atoms with Crippen molar-refractivity contribution in [3.8, 4) is 0 Å². The highest BCUT2D eigenvalue weighted by Crippen LogP contribution is 2.35. The van der Waals surface area contributed by atoms with Crippen molar-refractivity contribution in [2.24, 2.45) is 0 Å². The Morgan fingerprint density at radius 1 is 1.42 bits per heavy atom. The van der Waals surface area contributed by atoms with Crippen molar-refractivity contribution in [1.29, 1.82) is 0 Å². The van der Waals surface area contributed by atoms with E-state index in [1.54, 1.807) is 29.7 Å². The molecule has 3 heterocycles. The summed E-state index contributed by atoms with van der Waals surface area (Å²) in [4.78, 5) is 19.7. The van der Waals surface area contributed by atoms with Gasteiger partial charge in [-0.15, -0.1) is 11.3 Å². The third-order valence-electron chi connectivity index (χ3n) is 3.37. The number of nitrogens with zero attached hydrogens (tertiary/aromatic N) is 2. The number of hydrogen-bond donors (Lipinski definition) is 0. The number of carbonyl (C=O) groups is 1. The highest BCUT2D eigenvalue weighted by atomic mass is 35.5. The summed E-state index contributed by atoms with van der Waals surface area (Å²) in [6.45, 7) is 0.784. The number of pyridine rings is 1. The quantitative estimate of drug-likeness (QED) is 0.789. The van der Waals surface area contributed by atoms with Gasteiger partial charge in [-0.25, -0.2) is 4.98 Å². The molecule has 0 spiro atoms. The van der Waals surface area contributed by atoms with Gasteiger partial charge in [-0.2, -0.15) is 0 Å². The number of amides is 1. The van der Waals surface area contributed by atoms with E-state index in [2.05, 4.69) is 11.1 Å². The molecule has 1 fully saturated rings. The topological polar surface area (TPSA) is 33.2 Å². The van der Waals surface area contributed by atoms with Crippen molar-refractivity contribution in [2.45, 2.75) is 18.9 Å². The summed E-state index contributed by atoms with van der Waals surface area (Å²) in [6.07, 6.45) is 3.65. The Kier molecular flexibility index (Phi) is 3.53. The summed E-state index contributed by atoms with van der Waals surface area (Å²) in [5.74, 6) is -0.0194. The minimum atomic E-state index is -0.0194. The van der Waals surface area contributed by atoms with Crippen molar-refractivity contribution < 1.29 is 4.79 Å². The van der Waals surface area contributed by atoms with Crippen molar-refractivity contribution in [3.05, 3.63) is 51.4 Å². The van der Waals surface area contributed by atoms with Crippen molar-refractivity contribution >= 4 is 28.8 Å². The second kappa shape index (κ2) is 5.31. The van der Waals surface area contributed by atoms with E-state index in [4.69, 9.17) is 11.6 Å². The van der Waals surface area contributed by atoms with Crippen molar-refractivity contribution in [1.82, 2.24) is 9.88 Å². The molecule has 1 saturated heterocycles. The molecule has 0 aliphatic carbocycles. The van der Waals surface area contributed by atoms with E-state index in [1.165, 1.54) is 4.88 Å². The molecule has 98 valence electrons. The Balaban J connectivity index is 1.89. The Labute approximate surface area is 120 Å². The Bertz CT molecular complexity index is 585. The van der Waals surface area contributed by atoms with Crippen LogP contribution < -0.4 is 0 Å². The zero-order valence-electron chi connectivity index (χ0n) is 10.3. The van der Waals surface area contributed by atoms with E-state index >= 15 is 0 Å². The summed E-state index contributed by atoms with van der Waals surface area (Å²) in [6, 6.07) is 7.78. The van der Waals surface area contributed by atoms with Crippen LogP contribution in [0.4, 0.5) is 0 Å². The second-order valence-electron chi connectivity index (χ2n) is 4.51. The van der Waals surface area contributed by atoms with Crippen LogP contribution in [0, 0.1) is 0 Å². The molecule has 2 aromatic rings. The molecule has 0 aromatic carbocycles. The molecular weight excluding hydrogens is 280 g/mol. The van der Waals surface area contributed by atoms with E-state index < -0.39 is 0 Å². The highest BCUT2D eigenvalue weighted by molar-refractivity contribution is 7.10. The first-order chi connectivity index (χ1) is 9.27. The monoisotopic (exact) mass is 292 g/mol. The van der Waals surface area contributed by atoms with Gasteiger partial charge < -0.3 is 4.90 Å². The van der Waals surface area contributed by atoms with Gasteiger partial charge >= 0.3 is 0 Å². The number of halogens is 1. The molecule has 2 aromatic heterocycles. The van der Waals surface area contributed by atoms with Gasteiger partial charge in [0.2, 0.25) is 0 Å². The average Bonchev–Trinajstić information content (AvgIpc) is 3.09. The van der Waals surface area contributed by atoms with Crippen LogP contribution in [0.1, 0.15) is 34.1 Å². The summed E-state index contributed by atoms with van der Waals surface area (Å²) in [7, 11) is 0. The third kappa shape index (κ3) is 2.38. The summed E-state index contributed by atoms with van der Waals surface area (Å²) in [5.41, 5.74) is 0.493. The number of hydrogen-bond acceptors (Lipinski definition) is 3. The first kappa shape index (κ1) is 12.6. The lowest BCUT2D eigenvalue weighted by Gasteiger charge is -2.24. The lowest BCUT2D eigenvalue weighted by Crippen LogP contribution is -2.30. The molecule has 0 bridgehead atoms.